The molecule has 4 amide bonds. The highest BCUT2D eigenvalue weighted by Crippen LogP contribution is 2.45. The number of carbonyl (C=O) groups is 4. The Labute approximate surface area is 235 Å². The number of imide groups is 1. The number of amides is 4. The fraction of sp³-hybridized carbons (Fsp3) is 0.226. The number of fused-ring (bicyclic) bond motifs is 4. The Morgan fingerprint density at radius 3 is 2.39 bits per heavy atom. The van der Waals surface area contributed by atoms with Crippen LogP contribution in [-0.2, 0) is 16.0 Å². The molecule has 2 aliphatic heterocycles. The lowest BCUT2D eigenvalue weighted by Crippen LogP contribution is -2.48. The Morgan fingerprint density at radius 2 is 1.68 bits per heavy atom. The van der Waals surface area contributed by atoms with Crippen LogP contribution in [0.5, 0.6) is 0 Å². The van der Waals surface area contributed by atoms with E-state index in [0.29, 0.717) is 6.42 Å². The number of nitrogens with one attached hydrogen (secondary N) is 2. The lowest BCUT2D eigenvalue weighted by atomic mass is 9.88. The van der Waals surface area contributed by atoms with E-state index in [-0.39, 0.29) is 11.3 Å². The molecule has 0 bridgehead atoms. The summed E-state index contributed by atoms with van der Waals surface area (Å²) in [5, 5.41) is 22.6. The Kier molecular flexibility index (Phi) is 6.34. The van der Waals surface area contributed by atoms with Crippen molar-refractivity contribution >= 4 is 40.4 Å². The van der Waals surface area contributed by atoms with Gasteiger partial charge in [-0.1, -0.05) is 60.2 Å². The van der Waals surface area contributed by atoms with Crippen molar-refractivity contribution in [1.82, 2.24) is 15.2 Å². The molecule has 10 nitrogen and oxygen atoms in total. The molecule has 2 aliphatic rings. The first kappa shape index (κ1) is 26.3. The second-order valence-corrected chi connectivity index (χ2v) is 10.5. The van der Waals surface area contributed by atoms with Gasteiger partial charge in [-0.25, -0.2) is 14.5 Å². The average molecular weight is 553 g/mol. The number of hydrogen-bond donors (Lipinski definition) is 4. The highest BCUT2D eigenvalue weighted by Gasteiger charge is 2.53. The molecule has 0 saturated carbocycles. The molecule has 0 radical (unpaired) electrons. The van der Waals surface area contributed by atoms with E-state index < -0.39 is 48.0 Å². The van der Waals surface area contributed by atoms with E-state index in [0.717, 1.165) is 38.2 Å². The summed E-state index contributed by atoms with van der Waals surface area (Å²) in [7, 11) is 0. The van der Waals surface area contributed by atoms with Crippen LogP contribution in [-0.4, -0.2) is 62.1 Å². The van der Waals surface area contributed by atoms with Crippen LogP contribution in [0.3, 0.4) is 0 Å². The number of benzene rings is 3. The lowest BCUT2D eigenvalue weighted by Gasteiger charge is -2.36. The number of rotatable bonds is 6. The number of aliphatic hydroxyl groups is 1. The molecule has 3 heterocycles. The number of aromatic nitrogens is 1. The standard InChI is InChI=1S/C31H28N4O6/c1-16-11-13-18(14-12-16)27-26-21(19-7-3-5-9-22(19)32-26)15-24-29(38)35(31(41)34(24)27)23-10-6-4-8-20(23)28(37)33-25(17(2)36)30(39)40/h3-14,17,24-25,27,32,36H,15H2,1-2H3,(H,33,37)(H,39,40)/t17-,24-,25-,27-/m0/s1. The molecule has 41 heavy (non-hydrogen) atoms. The third-order valence-electron chi connectivity index (χ3n) is 7.87. The molecule has 10 heteroatoms. The van der Waals surface area contributed by atoms with Crippen LogP contribution in [0, 0.1) is 6.92 Å². The Hall–Kier alpha value is -4.96. The van der Waals surface area contributed by atoms with E-state index in [1.807, 2.05) is 55.5 Å². The van der Waals surface area contributed by atoms with Crippen molar-refractivity contribution in [3.05, 3.63) is 101 Å². The largest absolute Gasteiger partial charge is 0.480 e. The molecule has 6 rings (SSSR count). The van der Waals surface area contributed by atoms with Crippen LogP contribution < -0.4 is 10.2 Å². The van der Waals surface area contributed by atoms with E-state index in [1.54, 1.807) is 17.0 Å². The second kappa shape index (κ2) is 9.90. The molecule has 208 valence electrons. The Bertz CT molecular complexity index is 1710. The molecule has 1 aromatic heterocycles. The molecule has 0 spiro atoms. The molecule has 4 atom stereocenters. The highest BCUT2D eigenvalue weighted by molar-refractivity contribution is 6.24. The molecule has 3 aromatic carbocycles. The van der Waals surface area contributed by atoms with Crippen molar-refractivity contribution in [3.63, 3.8) is 0 Å². The van der Waals surface area contributed by atoms with Gasteiger partial charge in [-0.05, 0) is 43.2 Å². The third-order valence-corrected chi connectivity index (χ3v) is 7.87. The number of para-hydroxylation sites is 2. The summed E-state index contributed by atoms with van der Waals surface area (Å²) in [5.74, 6) is -2.72. The number of carboxylic acid groups (broad SMARTS) is 1. The molecule has 1 saturated heterocycles. The fourth-order valence-corrected chi connectivity index (χ4v) is 5.86. The number of nitrogens with zero attached hydrogens (tertiary/aromatic N) is 2. The van der Waals surface area contributed by atoms with Gasteiger partial charge in [0.1, 0.15) is 12.1 Å². The van der Waals surface area contributed by atoms with Gasteiger partial charge in [0.2, 0.25) is 0 Å². The number of aryl methyl sites for hydroxylation is 1. The topological polar surface area (TPSA) is 143 Å². The maximum absolute atomic E-state index is 14.2. The van der Waals surface area contributed by atoms with Gasteiger partial charge in [0.25, 0.3) is 11.8 Å². The molecular weight excluding hydrogens is 524 g/mol. The number of carbonyl (C=O) groups excluding carboxylic acids is 3. The van der Waals surface area contributed by atoms with Gasteiger partial charge in [0.05, 0.1) is 17.4 Å². The van der Waals surface area contributed by atoms with Gasteiger partial charge in [-0.2, -0.15) is 0 Å². The van der Waals surface area contributed by atoms with Gasteiger partial charge in [-0.3, -0.25) is 14.5 Å². The molecular formula is C31H28N4O6. The highest BCUT2D eigenvalue weighted by atomic mass is 16.4. The van der Waals surface area contributed by atoms with Crippen LogP contribution in [0.1, 0.15) is 45.7 Å². The Balaban J connectivity index is 1.44. The summed E-state index contributed by atoms with van der Waals surface area (Å²) in [4.78, 5) is 59.1. The zero-order chi connectivity index (χ0) is 29.0. The number of carboxylic acids is 1. The molecule has 4 aromatic rings. The van der Waals surface area contributed by atoms with Crippen molar-refractivity contribution < 1.29 is 29.4 Å². The SMILES string of the molecule is Cc1ccc([C@H]2c3[nH]c4ccccc4c3C[C@H]3C(=O)N(c4ccccc4C(=O)N[C@H](C(=O)O)[C@H](C)O)C(=O)N23)cc1. The van der Waals surface area contributed by atoms with Crippen molar-refractivity contribution in [2.75, 3.05) is 4.90 Å². The van der Waals surface area contributed by atoms with E-state index in [4.69, 9.17) is 0 Å². The maximum atomic E-state index is 14.2. The van der Waals surface area contributed by atoms with E-state index in [9.17, 15) is 29.4 Å². The maximum Gasteiger partial charge on any atom is 0.332 e. The number of aromatic amines is 1. The predicted molar refractivity (Wildman–Crippen MR) is 151 cm³/mol. The van der Waals surface area contributed by atoms with E-state index >= 15 is 0 Å². The minimum atomic E-state index is -1.57. The van der Waals surface area contributed by atoms with E-state index in [2.05, 4.69) is 10.3 Å². The first-order valence-corrected chi connectivity index (χ1v) is 13.3. The van der Waals surface area contributed by atoms with Gasteiger partial charge >= 0.3 is 12.0 Å². The lowest BCUT2D eigenvalue weighted by molar-refractivity contribution is -0.141. The zero-order valence-electron chi connectivity index (χ0n) is 22.4. The first-order valence-electron chi connectivity index (χ1n) is 13.3. The summed E-state index contributed by atoms with van der Waals surface area (Å²) in [6, 6.07) is 18.1. The van der Waals surface area contributed by atoms with Crippen LogP contribution in [0.15, 0.2) is 72.8 Å². The van der Waals surface area contributed by atoms with Gasteiger partial charge in [-0.15, -0.1) is 0 Å². The molecule has 0 aliphatic carbocycles. The van der Waals surface area contributed by atoms with Crippen LogP contribution in [0.4, 0.5) is 10.5 Å². The molecule has 0 unspecified atom stereocenters. The van der Waals surface area contributed by atoms with Gasteiger partial charge in [0.15, 0.2) is 6.04 Å². The minimum absolute atomic E-state index is 0.0420. The number of H-pyrrole nitrogens is 1. The van der Waals surface area contributed by atoms with Crippen molar-refractivity contribution in [2.45, 2.75) is 44.5 Å². The number of hydrogen-bond acceptors (Lipinski definition) is 5. The fourth-order valence-electron chi connectivity index (χ4n) is 5.86. The Morgan fingerprint density at radius 1 is 1.00 bits per heavy atom. The third kappa shape index (κ3) is 4.23. The number of anilines is 1. The average Bonchev–Trinajstić information content (AvgIpc) is 3.45. The van der Waals surface area contributed by atoms with Crippen molar-refractivity contribution in [3.8, 4) is 0 Å². The normalized spacial score (nSPS) is 19.6. The molecule has 1 fully saturated rings. The van der Waals surface area contributed by atoms with Crippen molar-refractivity contribution in [2.24, 2.45) is 0 Å². The summed E-state index contributed by atoms with van der Waals surface area (Å²) >= 11 is 0. The van der Waals surface area contributed by atoms with Gasteiger partial charge in [0, 0.05) is 23.0 Å². The molecule has 4 N–H and O–H groups in total. The number of urea groups is 1. The second-order valence-electron chi connectivity index (χ2n) is 10.5. The first-order chi connectivity index (χ1) is 19.7. The smallest absolute Gasteiger partial charge is 0.332 e. The minimum Gasteiger partial charge on any atom is -0.480 e. The predicted octanol–water partition coefficient (Wildman–Crippen LogP) is 3.52. The van der Waals surface area contributed by atoms with Crippen LogP contribution in [0.25, 0.3) is 10.9 Å². The van der Waals surface area contributed by atoms with Crippen LogP contribution >= 0.6 is 0 Å². The van der Waals surface area contributed by atoms with Crippen LogP contribution in [0.2, 0.25) is 0 Å². The summed E-state index contributed by atoms with van der Waals surface area (Å²) in [6.45, 7) is 3.22. The zero-order valence-corrected chi connectivity index (χ0v) is 22.4. The monoisotopic (exact) mass is 552 g/mol. The summed E-state index contributed by atoms with van der Waals surface area (Å²) in [5.41, 5.74) is 4.59. The van der Waals surface area contributed by atoms with E-state index in [1.165, 1.54) is 19.1 Å². The summed E-state index contributed by atoms with van der Waals surface area (Å²) < 4.78 is 0. The van der Waals surface area contributed by atoms with Crippen molar-refractivity contribution in [1.29, 1.82) is 0 Å². The quantitative estimate of drug-likeness (QED) is 0.270. The number of aliphatic hydroxyl groups excluding tert-OH is 1. The summed E-state index contributed by atoms with van der Waals surface area (Å²) in [6.07, 6.45) is -1.08. The van der Waals surface area contributed by atoms with Gasteiger partial charge < -0.3 is 20.5 Å². The number of aliphatic carboxylic acids is 1.